The van der Waals surface area contributed by atoms with Crippen molar-refractivity contribution in [3.05, 3.63) is 76.3 Å². The number of para-hydroxylation sites is 1. The Hall–Kier alpha value is -3.93. The molecule has 0 radical (unpaired) electrons. The number of anilines is 1. The number of hydrogen-bond donors (Lipinski definition) is 1. The molecule has 1 atom stereocenters. The Bertz CT molecular complexity index is 1290. The Morgan fingerprint density at radius 2 is 1.83 bits per heavy atom. The van der Waals surface area contributed by atoms with Crippen molar-refractivity contribution in [1.82, 2.24) is 0 Å². The van der Waals surface area contributed by atoms with E-state index in [0.29, 0.717) is 48.8 Å². The minimum atomic E-state index is -4.66. The van der Waals surface area contributed by atoms with Gasteiger partial charge in [0.2, 0.25) is 0 Å². The quantitative estimate of drug-likeness (QED) is 0.542. The van der Waals surface area contributed by atoms with Crippen LogP contribution in [0.15, 0.2) is 65.1 Å². The van der Waals surface area contributed by atoms with Crippen LogP contribution in [-0.4, -0.2) is 19.0 Å². The average molecular weight is 498 g/mol. The van der Waals surface area contributed by atoms with Gasteiger partial charge in [0.15, 0.2) is 5.78 Å². The molecular formula is C27H26F3N3O3. The molecule has 4 rings (SSSR count). The summed E-state index contributed by atoms with van der Waals surface area (Å²) in [4.78, 5) is 14.6. The second kappa shape index (κ2) is 9.97. The fourth-order valence-corrected chi connectivity index (χ4v) is 4.88. The van der Waals surface area contributed by atoms with Crippen LogP contribution in [0.4, 0.5) is 18.9 Å². The minimum Gasteiger partial charge on any atom is -0.494 e. The van der Waals surface area contributed by atoms with E-state index in [9.17, 15) is 23.2 Å². The number of allylic oxidation sites excluding steroid dienone is 3. The number of rotatable bonds is 6. The number of nitriles is 1. The lowest BCUT2D eigenvalue weighted by atomic mass is 9.75. The fraction of sp³-hybridized carbons (Fsp3) is 0.333. The number of carbonyl (C=O) groups excluding carboxylic acids is 1. The summed E-state index contributed by atoms with van der Waals surface area (Å²) in [7, 11) is 0. The maximum Gasteiger partial charge on any atom is 0.418 e. The minimum absolute atomic E-state index is 0.0180. The molecule has 0 saturated carbocycles. The number of hydrogen-bond acceptors (Lipinski definition) is 6. The number of Topliss-reactive ketones (excluding diaryl/α,β-unsaturated/α-hetero) is 1. The number of alkyl halides is 3. The molecule has 0 bridgehead atoms. The maximum absolute atomic E-state index is 13.9. The molecule has 0 unspecified atom stereocenters. The van der Waals surface area contributed by atoms with Gasteiger partial charge in [0.1, 0.15) is 17.3 Å². The Labute approximate surface area is 207 Å². The molecule has 0 amide bonds. The van der Waals surface area contributed by atoms with Gasteiger partial charge in [-0.1, -0.05) is 12.1 Å². The van der Waals surface area contributed by atoms with Gasteiger partial charge in [0, 0.05) is 23.3 Å². The zero-order valence-corrected chi connectivity index (χ0v) is 20.0. The van der Waals surface area contributed by atoms with Crippen LogP contribution in [0, 0.1) is 11.3 Å². The number of nitrogens with zero attached hydrogens (tertiary/aromatic N) is 2. The molecule has 36 heavy (non-hydrogen) atoms. The highest BCUT2D eigenvalue weighted by Crippen LogP contribution is 2.50. The van der Waals surface area contributed by atoms with Gasteiger partial charge in [-0.3, -0.25) is 9.69 Å². The molecule has 0 saturated heterocycles. The van der Waals surface area contributed by atoms with Crippen LogP contribution < -0.4 is 20.1 Å². The summed E-state index contributed by atoms with van der Waals surface area (Å²) < 4.78 is 53.3. The van der Waals surface area contributed by atoms with E-state index in [2.05, 4.69) is 6.07 Å². The molecule has 188 valence electrons. The van der Waals surface area contributed by atoms with Crippen molar-refractivity contribution in [2.75, 3.05) is 18.1 Å². The van der Waals surface area contributed by atoms with Crippen molar-refractivity contribution in [2.45, 2.75) is 45.2 Å². The van der Waals surface area contributed by atoms with Crippen molar-refractivity contribution in [3.8, 4) is 17.6 Å². The summed E-state index contributed by atoms with van der Waals surface area (Å²) in [5.74, 6) is -0.311. The lowest BCUT2D eigenvalue weighted by Crippen LogP contribution is -2.39. The van der Waals surface area contributed by atoms with Crippen molar-refractivity contribution in [1.29, 1.82) is 5.26 Å². The summed E-state index contributed by atoms with van der Waals surface area (Å²) in [6.45, 7) is 4.37. The largest absolute Gasteiger partial charge is 0.494 e. The molecule has 0 fully saturated rings. The zero-order chi connectivity index (χ0) is 26.0. The van der Waals surface area contributed by atoms with Gasteiger partial charge in [0.05, 0.1) is 42.0 Å². The molecular weight excluding hydrogens is 471 g/mol. The zero-order valence-electron chi connectivity index (χ0n) is 20.0. The van der Waals surface area contributed by atoms with Crippen molar-refractivity contribution in [3.63, 3.8) is 0 Å². The first-order chi connectivity index (χ1) is 17.2. The number of halogens is 3. The van der Waals surface area contributed by atoms with E-state index in [4.69, 9.17) is 15.2 Å². The van der Waals surface area contributed by atoms with Gasteiger partial charge in [-0.05, 0) is 57.0 Å². The van der Waals surface area contributed by atoms with Crippen molar-refractivity contribution >= 4 is 11.5 Å². The highest BCUT2D eigenvalue weighted by molar-refractivity contribution is 6.01. The molecule has 1 aliphatic carbocycles. The third-order valence-corrected chi connectivity index (χ3v) is 6.27. The summed E-state index contributed by atoms with van der Waals surface area (Å²) in [5, 5.41) is 10.2. The van der Waals surface area contributed by atoms with E-state index in [1.165, 1.54) is 23.1 Å². The van der Waals surface area contributed by atoms with Crippen LogP contribution in [0.5, 0.6) is 11.5 Å². The third kappa shape index (κ3) is 4.39. The van der Waals surface area contributed by atoms with Crippen LogP contribution in [0.3, 0.4) is 0 Å². The second-order valence-electron chi connectivity index (χ2n) is 8.40. The summed E-state index contributed by atoms with van der Waals surface area (Å²) in [5.41, 5.74) is 6.48. The Morgan fingerprint density at radius 1 is 1.11 bits per heavy atom. The Morgan fingerprint density at radius 3 is 2.50 bits per heavy atom. The predicted octanol–water partition coefficient (Wildman–Crippen LogP) is 5.81. The van der Waals surface area contributed by atoms with Crippen molar-refractivity contribution in [2.24, 2.45) is 5.73 Å². The number of nitrogens with two attached hydrogens (primary N) is 1. The van der Waals surface area contributed by atoms with Gasteiger partial charge in [-0.25, -0.2) is 0 Å². The summed E-state index contributed by atoms with van der Waals surface area (Å²) in [6.07, 6.45) is -3.65. The molecule has 1 aliphatic heterocycles. The molecule has 0 aromatic heterocycles. The fourth-order valence-electron chi connectivity index (χ4n) is 4.88. The average Bonchev–Trinajstić information content (AvgIpc) is 2.84. The highest BCUT2D eigenvalue weighted by atomic mass is 19.4. The number of benzene rings is 2. The Balaban J connectivity index is 2.02. The lowest BCUT2D eigenvalue weighted by Gasteiger charge is -2.40. The molecule has 9 heteroatoms. The van der Waals surface area contributed by atoms with Crippen LogP contribution >= 0.6 is 0 Å². The summed E-state index contributed by atoms with van der Waals surface area (Å²) >= 11 is 0. The van der Waals surface area contributed by atoms with E-state index in [1.54, 1.807) is 18.2 Å². The van der Waals surface area contributed by atoms with Gasteiger partial charge >= 0.3 is 6.18 Å². The molecule has 1 heterocycles. The number of ketones is 1. The topological polar surface area (TPSA) is 88.6 Å². The predicted molar refractivity (Wildman–Crippen MR) is 128 cm³/mol. The van der Waals surface area contributed by atoms with Crippen LogP contribution in [-0.2, 0) is 11.0 Å². The van der Waals surface area contributed by atoms with Crippen LogP contribution in [0.2, 0.25) is 0 Å². The first-order valence-electron chi connectivity index (χ1n) is 11.7. The van der Waals surface area contributed by atoms with Gasteiger partial charge < -0.3 is 15.2 Å². The number of ether oxygens (including phenoxy) is 2. The standard InChI is InChI=1S/C27H26F3N3O3/c1-3-35-16-12-13-23(36-4-2)17(14-16)24-18(15-31)26(32)33(21-10-7-11-22(34)25(21)24)20-9-6-5-8-19(20)27(28,29)30/h5-6,8-9,12-14,24H,3-4,7,10-11,32H2,1-2H3/t24-/m0/s1. The summed E-state index contributed by atoms with van der Waals surface area (Å²) in [6, 6.07) is 12.2. The first-order valence-corrected chi connectivity index (χ1v) is 11.7. The monoisotopic (exact) mass is 497 g/mol. The van der Waals surface area contributed by atoms with E-state index in [0.717, 1.165) is 6.07 Å². The smallest absolute Gasteiger partial charge is 0.418 e. The SMILES string of the molecule is CCOc1ccc(OCC)c([C@H]2C(C#N)=C(N)N(c3ccccc3C(F)(F)F)C3=C2C(=O)CCC3)c1. The van der Waals surface area contributed by atoms with Crippen molar-refractivity contribution < 1.29 is 27.4 Å². The normalized spacial score (nSPS) is 18.2. The Kier molecular flexibility index (Phi) is 6.97. The third-order valence-electron chi connectivity index (χ3n) is 6.27. The molecule has 2 aromatic rings. The molecule has 2 aromatic carbocycles. The van der Waals surface area contributed by atoms with Gasteiger partial charge in [-0.2, -0.15) is 18.4 Å². The molecule has 2 N–H and O–H groups in total. The molecule has 6 nitrogen and oxygen atoms in total. The number of carbonyl (C=O) groups is 1. The molecule has 2 aliphatic rings. The second-order valence-corrected chi connectivity index (χ2v) is 8.40. The van der Waals surface area contributed by atoms with Gasteiger partial charge in [0.25, 0.3) is 0 Å². The van der Waals surface area contributed by atoms with E-state index < -0.39 is 17.7 Å². The first kappa shape index (κ1) is 25.2. The molecule has 0 spiro atoms. The van der Waals surface area contributed by atoms with E-state index in [1.807, 2.05) is 13.8 Å². The van der Waals surface area contributed by atoms with Gasteiger partial charge in [-0.15, -0.1) is 0 Å². The maximum atomic E-state index is 13.9. The van der Waals surface area contributed by atoms with E-state index in [-0.39, 0.29) is 34.9 Å². The van der Waals surface area contributed by atoms with E-state index >= 15 is 0 Å². The lowest BCUT2D eigenvalue weighted by molar-refractivity contribution is -0.137. The highest BCUT2D eigenvalue weighted by Gasteiger charge is 2.44. The van der Waals surface area contributed by atoms with Crippen LogP contribution in [0.25, 0.3) is 0 Å². The van der Waals surface area contributed by atoms with Crippen LogP contribution in [0.1, 0.15) is 50.2 Å².